The normalized spacial score (nSPS) is 12.8. The van der Waals surface area contributed by atoms with Crippen LogP contribution >= 0.6 is 0 Å². The number of carbonyl (C=O) groups is 1. The fourth-order valence-electron chi connectivity index (χ4n) is 1.99. The molecule has 2 aromatic rings. The summed E-state index contributed by atoms with van der Waals surface area (Å²) in [6, 6.07) is 5.09. The summed E-state index contributed by atoms with van der Waals surface area (Å²) in [6.07, 6.45) is -10.0. The van der Waals surface area contributed by atoms with Gasteiger partial charge >= 0.3 is 6.18 Å². The Labute approximate surface area is 139 Å². The smallest absolute Gasteiger partial charge is 0.272 e. The zero-order valence-corrected chi connectivity index (χ0v) is 12.2. The topological polar surface area (TPSA) is 20.3 Å². The van der Waals surface area contributed by atoms with Crippen molar-refractivity contribution in [2.45, 2.75) is 12.3 Å². The average Bonchev–Trinajstić information content (AvgIpc) is 2.60. The van der Waals surface area contributed by atoms with E-state index in [9.17, 15) is 44.3 Å². The van der Waals surface area contributed by atoms with Crippen LogP contribution in [0, 0.1) is 29.1 Å². The Balaban J connectivity index is 2.78. The second-order valence-electron chi connectivity index (χ2n) is 4.83. The quantitative estimate of drug-likeness (QED) is 0.415. The first-order chi connectivity index (χ1) is 12.0. The number of rotatable bonds is 3. The van der Waals surface area contributed by atoms with Gasteiger partial charge in [-0.05, 0) is 12.1 Å². The van der Waals surface area contributed by atoms with E-state index in [2.05, 4.69) is 0 Å². The van der Waals surface area contributed by atoms with Crippen LogP contribution in [0.4, 0.5) is 50.9 Å². The van der Waals surface area contributed by atoms with Crippen LogP contribution in [0.25, 0.3) is 0 Å². The number of amides is 1. The van der Waals surface area contributed by atoms with Crippen molar-refractivity contribution in [2.75, 3.05) is 4.90 Å². The van der Waals surface area contributed by atoms with Crippen molar-refractivity contribution >= 4 is 17.3 Å². The van der Waals surface area contributed by atoms with Crippen molar-refractivity contribution in [3.8, 4) is 0 Å². The molecule has 0 heterocycles. The summed E-state index contributed by atoms with van der Waals surface area (Å²) in [6.45, 7) is 0. The number of halogens is 9. The summed E-state index contributed by atoms with van der Waals surface area (Å²) in [4.78, 5) is 11.3. The standard InChI is InChI=1S/C15H6F9NO/c16-7-8(17)10(19)12(11(20)9(7)18)25(6-4-2-1-3-5-6)14(26)13(21)15(22,23)24/h1-5,13H. The third-order valence-corrected chi connectivity index (χ3v) is 3.15. The molecule has 26 heavy (non-hydrogen) atoms. The van der Waals surface area contributed by atoms with Gasteiger partial charge in [0.1, 0.15) is 5.69 Å². The van der Waals surface area contributed by atoms with Gasteiger partial charge in [0.05, 0.1) is 0 Å². The van der Waals surface area contributed by atoms with Gasteiger partial charge in [-0.3, -0.25) is 9.69 Å². The maximum absolute atomic E-state index is 13.9. The number of hydrogen-bond donors (Lipinski definition) is 0. The van der Waals surface area contributed by atoms with Crippen molar-refractivity contribution in [3.63, 3.8) is 0 Å². The summed E-state index contributed by atoms with van der Waals surface area (Å²) < 4.78 is 119. The fourth-order valence-corrected chi connectivity index (χ4v) is 1.99. The van der Waals surface area contributed by atoms with E-state index in [1.807, 2.05) is 0 Å². The van der Waals surface area contributed by atoms with Gasteiger partial charge < -0.3 is 0 Å². The van der Waals surface area contributed by atoms with Gasteiger partial charge in [-0.25, -0.2) is 26.3 Å². The monoisotopic (exact) mass is 387 g/mol. The molecule has 0 aromatic heterocycles. The molecule has 1 amide bonds. The molecule has 0 saturated heterocycles. The first-order valence-corrected chi connectivity index (χ1v) is 6.59. The van der Waals surface area contributed by atoms with Gasteiger partial charge in [-0.1, -0.05) is 18.2 Å². The van der Waals surface area contributed by atoms with Crippen molar-refractivity contribution in [2.24, 2.45) is 0 Å². The zero-order chi connectivity index (χ0) is 19.8. The lowest BCUT2D eigenvalue weighted by Crippen LogP contribution is -2.43. The minimum atomic E-state index is -5.77. The van der Waals surface area contributed by atoms with Gasteiger partial charge in [0.2, 0.25) is 5.82 Å². The van der Waals surface area contributed by atoms with E-state index in [1.54, 1.807) is 0 Å². The molecule has 1 atom stereocenters. The molecule has 0 radical (unpaired) electrons. The molecule has 0 aliphatic rings. The molecule has 140 valence electrons. The van der Waals surface area contributed by atoms with Crippen molar-refractivity contribution in [3.05, 3.63) is 59.4 Å². The minimum Gasteiger partial charge on any atom is -0.272 e. The summed E-state index contributed by atoms with van der Waals surface area (Å²) in [5.41, 5.74) is -2.77. The summed E-state index contributed by atoms with van der Waals surface area (Å²) in [5, 5.41) is 0. The molecule has 0 N–H and O–H groups in total. The van der Waals surface area contributed by atoms with E-state index in [4.69, 9.17) is 0 Å². The molecule has 0 bridgehead atoms. The van der Waals surface area contributed by atoms with Gasteiger partial charge in [0, 0.05) is 5.69 Å². The Bertz CT molecular complexity index is 806. The van der Waals surface area contributed by atoms with Gasteiger partial charge in [0.25, 0.3) is 12.1 Å². The number of benzene rings is 2. The number of alkyl halides is 4. The van der Waals surface area contributed by atoms with Gasteiger partial charge in [-0.15, -0.1) is 0 Å². The van der Waals surface area contributed by atoms with E-state index in [0.29, 0.717) is 0 Å². The van der Waals surface area contributed by atoms with E-state index in [-0.39, 0.29) is 0 Å². The van der Waals surface area contributed by atoms with Crippen LogP contribution in [0.15, 0.2) is 30.3 Å². The molecule has 2 nitrogen and oxygen atoms in total. The Morgan fingerprint density at radius 3 is 1.65 bits per heavy atom. The second-order valence-corrected chi connectivity index (χ2v) is 4.83. The molecule has 0 saturated carbocycles. The maximum atomic E-state index is 13.9. The van der Waals surface area contributed by atoms with Crippen LogP contribution in [0.3, 0.4) is 0 Å². The minimum absolute atomic E-state index is 0.547. The molecule has 0 spiro atoms. The van der Waals surface area contributed by atoms with E-state index in [0.717, 1.165) is 24.3 Å². The molecule has 0 aliphatic carbocycles. The molecule has 0 aliphatic heterocycles. The SMILES string of the molecule is O=C(C(F)C(F)(F)F)N(c1ccccc1)c1c(F)c(F)c(F)c(F)c1F. The molecule has 1 unspecified atom stereocenters. The van der Waals surface area contributed by atoms with Gasteiger partial charge in [-0.2, -0.15) is 13.2 Å². The van der Waals surface area contributed by atoms with Crippen LogP contribution in [-0.2, 0) is 4.79 Å². The number of hydrogen-bond acceptors (Lipinski definition) is 1. The first kappa shape index (κ1) is 19.6. The Hall–Kier alpha value is -2.72. The van der Waals surface area contributed by atoms with E-state index in [1.165, 1.54) is 6.07 Å². The highest BCUT2D eigenvalue weighted by molar-refractivity contribution is 6.03. The first-order valence-electron chi connectivity index (χ1n) is 6.59. The molecule has 2 rings (SSSR count). The maximum Gasteiger partial charge on any atom is 0.428 e. The summed E-state index contributed by atoms with van der Waals surface area (Å²) in [7, 11) is 0. The van der Waals surface area contributed by atoms with Crippen LogP contribution < -0.4 is 4.90 Å². The lowest BCUT2D eigenvalue weighted by atomic mass is 10.1. The fraction of sp³-hybridized carbons (Fsp3) is 0.133. The van der Waals surface area contributed by atoms with Crippen LogP contribution in [0.5, 0.6) is 0 Å². The third-order valence-electron chi connectivity index (χ3n) is 3.15. The molecule has 11 heteroatoms. The lowest BCUT2D eigenvalue weighted by molar-refractivity contribution is -0.184. The Morgan fingerprint density at radius 1 is 0.808 bits per heavy atom. The largest absolute Gasteiger partial charge is 0.428 e. The highest BCUT2D eigenvalue weighted by atomic mass is 19.4. The predicted molar refractivity (Wildman–Crippen MR) is 70.8 cm³/mol. The Morgan fingerprint density at radius 2 is 1.23 bits per heavy atom. The molecular formula is C15H6F9NO. The number of anilines is 2. The zero-order valence-electron chi connectivity index (χ0n) is 12.2. The summed E-state index contributed by atoms with van der Waals surface area (Å²) >= 11 is 0. The summed E-state index contributed by atoms with van der Waals surface area (Å²) in [5.74, 6) is -15.4. The number of nitrogens with zero attached hydrogens (tertiary/aromatic N) is 1. The number of para-hydroxylation sites is 1. The van der Waals surface area contributed by atoms with E-state index < -0.39 is 63.6 Å². The third kappa shape index (κ3) is 3.33. The van der Waals surface area contributed by atoms with E-state index >= 15 is 0 Å². The highest BCUT2D eigenvalue weighted by Gasteiger charge is 2.49. The van der Waals surface area contributed by atoms with Crippen LogP contribution in [0.1, 0.15) is 0 Å². The van der Waals surface area contributed by atoms with Crippen molar-refractivity contribution in [1.29, 1.82) is 0 Å². The lowest BCUT2D eigenvalue weighted by Gasteiger charge is -2.26. The Kier molecular flexibility index (Phi) is 5.19. The van der Waals surface area contributed by atoms with Crippen molar-refractivity contribution in [1.82, 2.24) is 0 Å². The number of carbonyl (C=O) groups excluding carboxylic acids is 1. The molecule has 2 aromatic carbocycles. The predicted octanol–water partition coefficient (Wildman–Crippen LogP) is 4.95. The molecular weight excluding hydrogens is 381 g/mol. The van der Waals surface area contributed by atoms with Gasteiger partial charge in [0.15, 0.2) is 23.3 Å². The second kappa shape index (κ2) is 6.89. The average molecular weight is 387 g/mol. The van der Waals surface area contributed by atoms with Crippen LogP contribution in [0.2, 0.25) is 0 Å². The van der Waals surface area contributed by atoms with Crippen molar-refractivity contribution < 1.29 is 44.3 Å². The molecule has 0 fully saturated rings. The van der Waals surface area contributed by atoms with Crippen LogP contribution in [-0.4, -0.2) is 18.3 Å². The highest BCUT2D eigenvalue weighted by Crippen LogP contribution is 2.37.